The number of aromatic nitrogens is 2. The summed E-state index contributed by atoms with van der Waals surface area (Å²) in [7, 11) is 0. The maximum atomic E-state index is 13.2. The standard InChI is InChI=1S/C24H25ClN4O3/c1-17(30)28(15-18-7-3-2-4-8-18)16-22(31)29-14-6-5-9-21(29)24-26-23(27-32-24)19-10-12-20(25)13-11-19/h2-4,7-8,10-13,21H,5-6,9,14-16H2,1H3. The Hall–Kier alpha value is -3.19. The summed E-state index contributed by atoms with van der Waals surface area (Å²) in [5.41, 5.74) is 1.78. The molecule has 0 aliphatic carbocycles. The summed E-state index contributed by atoms with van der Waals surface area (Å²) in [6.07, 6.45) is 2.61. The van der Waals surface area contributed by atoms with Crippen LogP contribution in [0, 0.1) is 0 Å². The largest absolute Gasteiger partial charge is 0.337 e. The van der Waals surface area contributed by atoms with Crippen molar-refractivity contribution in [3.63, 3.8) is 0 Å². The first-order valence-electron chi connectivity index (χ1n) is 10.7. The van der Waals surface area contributed by atoms with Crippen molar-refractivity contribution in [3.8, 4) is 11.4 Å². The highest BCUT2D eigenvalue weighted by Crippen LogP contribution is 2.31. The fourth-order valence-electron chi connectivity index (χ4n) is 3.91. The molecule has 8 heteroatoms. The smallest absolute Gasteiger partial charge is 0.249 e. The number of benzene rings is 2. The predicted octanol–water partition coefficient (Wildman–Crippen LogP) is 4.49. The van der Waals surface area contributed by atoms with Crippen LogP contribution in [-0.2, 0) is 16.1 Å². The van der Waals surface area contributed by atoms with Gasteiger partial charge in [-0.3, -0.25) is 9.59 Å². The molecule has 2 aromatic carbocycles. The maximum Gasteiger partial charge on any atom is 0.249 e. The van der Waals surface area contributed by atoms with Crippen molar-refractivity contribution >= 4 is 23.4 Å². The maximum absolute atomic E-state index is 13.2. The number of hydrogen-bond acceptors (Lipinski definition) is 5. The minimum absolute atomic E-state index is 0.0128. The number of likely N-dealkylation sites (tertiary alicyclic amines) is 1. The minimum Gasteiger partial charge on any atom is -0.337 e. The number of hydrogen-bond donors (Lipinski definition) is 0. The van der Waals surface area contributed by atoms with Crippen LogP contribution in [0.5, 0.6) is 0 Å². The molecule has 32 heavy (non-hydrogen) atoms. The van der Waals surface area contributed by atoms with E-state index < -0.39 is 0 Å². The van der Waals surface area contributed by atoms with Crippen molar-refractivity contribution < 1.29 is 14.1 Å². The zero-order chi connectivity index (χ0) is 22.5. The van der Waals surface area contributed by atoms with Gasteiger partial charge < -0.3 is 14.3 Å². The topological polar surface area (TPSA) is 79.5 Å². The molecule has 3 aromatic rings. The molecule has 2 heterocycles. The van der Waals surface area contributed by atoms with Gasteiger partial charge in [-0.05, 0) is 49.1 Å². The van der Waals surface area contributed by atoms with E-state index in [1.165, 1.54) is 6.92 Å². The zero-order valence-corrected chi connectivity index (χ0v) is 18.7. The number of carbonyl (C=O) groups excluding carboxylic acids is 2. The third-order valence-corrected chi connectivity index (χ3v) is 5.89. The van der Waals surface area contributed by atoms with Crippen molar-refractivity contribution in [3.05, 3.63) is 71.1 Å². The molecule has 0 radical (unpaired) electrons. The molecule has 4 rings (SSSR count). The van der Waals surface area contributed by atoms with Crippen molar-refractivity contribution in [2.24, 2.45) is 0 Å². The van der Waals surface area contributed by atoms with Crippen molar-refractivity contribution in [1.82, 2.24) is 19.9 Å². The molecule has 1 atom stereocenters. The van der Waals surface area contributed by atoms with E-state index in [0.717, 1.165) is 30.4 Å². The molecule has 0 spiro atoms. The van der Waals surface area contributed by atoms with Crippen LogP contribution in [0.1, 0.15) is 43.7 Å². The van der Waals surface area contributed by atoms with E-state index in [1.807, 2.05) is 42.5 Å². The van der Waals surface area contributed by atoms with Crippen molar-refractivity contribution in [2.75, 3.05) is 13.1 Å². The molecule has 0 saturated carbocycles. The molecule has 0 N–H and O–H groups in total. The molecule has 1 aromatic heterocycles. The van der Waals surface area contributed by atoms with E-state index >= 15 is 0 Å². The van der Waals surface area contributed by atoms with Crippen LogP contribution in [0.2, 0.25) is 5.02 Å². The van der Waals surface area contributed by atoms with Gasteiger partial charge in [0.1, 0.15) is 12.6 Å². The third-order valence-electron chi connectivity index (χ3n) is 5.64. The zero-order valence-electron chi connectivity index (χ0n) is 17.9. The lowest BCUT2D eigenvalue weighted by molar-refractivity contribution is -0.142. The number of piperidine rings is 1. The second-order valence-corrected chi connectivity index (χ2v) is 8.36. The molecular formula is C24H25ClN4O3. The molecule has 1 aliphatic rings. The molecule has 1 fully saturated rings. The lowest BCUT2D eigenvalue weighted by Crippen LogP contribution is -2.45. The molecular weight excluding hydrogens is 428 g/mol. The summed E-state index contributed by atoms with van der Waals surface area (Å²) in [6, 6.07) is 16.6. The average molecular weight is 453 g/mol. The first-order valence-corrected chi connectivity index (χ1v) is 11.1. The molecule has 1 saturated heterocycles. The van der Waals surface area contributed by atoms with Crippen LogP contribution >= 0.6 is 11.6 Å². The Bertz CT molecular complexity index is 1070. The highest BCUT2D eigenvalue weighted by atomic mass is 35.5. The molecule has 166 valence electrons. The highest BCUT2D eigenvalue weighted by Gasteiger charge is 2.33. The van der Waals surface area contributed by atoms with Gasteiger partial charge >= 0.3 is 0 Å². The van der Waals surface area contributed by atoms with E-state index in [0.29, 0.717) is 29.8 Å². The summed E-state index contributed by atoms with van der Waals surface area (Å²) in [5.74, 6) is 0.621. The first kappa shape index (κ1) is 22.0. The SMILES string of the molecule is CC(=O)N(CC(=O)N1CCCCC1c1nc(-c2ccc(Cl)cc2)no1)Cc1ccccc1. The average Bonchev–Trinajstić information content (AvgIpc) is 3.30. The van der Waals surface area contributed by atoms with Crippen molar-refractivity contribution in [1.29, 1.82) is 0 Å². The predicted molar refractivity (Wildman–Crippen MR) is 121 cm³/mol. The third kappa shape index (κ3) is 5.16. The Morgan fingerprint density at radius 3 is 2.59 bits per heavy atom. The van der Waals surface area contributed by atoms with Crippen LogP contribution < -0.4 is 0 Å². The van der Waals surface area contributed by atoms with Gasteiger partial charge in [0.05, 0.1) is 0 Å². The number of nitrogens with zero attached hydrogens (tertiary/aromatic N) is 4. The minimum atomic E-state index is -0.296. The van der Waals surface area contributed by atoms with Gasteiger partial charge in [-0.2, -0.15) is 4.98 Å². The van der Waals surface area contributed by atoms with Crippen LogP contribution in [0.3, 0.4) is 0 Å². The Labute approximate surface area is 192 Å². The first-order chi connectivity index (χ1) is 15.5. The summed E-state index contributed by atoms with van der Waals surface area (Å²) < 4.78 is 5.55. The summed E-state index contributed by atoms with van der Waals surface area (Å²) >= 11 is 5.96. The number of amides is 2. The molecule has 7 nitrogen and oxygen atoms in total. The van der Waals surface area contributed by atoms with Crippen LogP contribution in [0.15, 0.2) is 59.1 Å². The van der Waals surface area contributed by atoms with Crippen molar-refractivity contribution in [2.45, 2.75) is 38.8 Å². The Morgan fingerprint density at radius 2 is 1.88 bits per heavy atom. The monoisotopic (exact) mass is 452 g/mol. The van der Waals surface area contributed by atoms with Gasteiger partial charge in [0.2, 0.25) is 23.5 Å². The highest BCUT2D eigenvalue weighted by molar-refractivity contribution is 6.30. The van der Waals surface area contributed by atoms with Gasteiger partial charge in [0.25, 0.3) is 0 Å². The van der Waals surface area contributed by atoms with E-state index in [1.54, 1.807) is 21.9 Å². The second-order valence-electron chi connectivity index (χ2n) is 7.92. The number of rotatable bonds is 6. The lowest BCUT2D eigenvalue weighted by atomic mass is 10.0. The molecule has 0 bridgehead atoms. The van der Waals surface area contributed by atoms with Crippen LogP contribution in [-0.4, -0.2) is 44.8 Å². The fourth-order valence-corrected chi connectivity index (χ4v) is 4.04. The quantitative estimate of drug-likeness (QED) is 0.550. The molecule has 1 unspecified atom stereocenters. The van der Waals surface area contributed by atoms with Gasteiger partial charge in [0, 0.05) is 30.6 Å². The summed E-state index contributed by atoms with van der Waals surface area (Å²) in [5, 5.41) is 4.73. The van der Waals surface area contributed by atoms with E-state index in [9.17, 15) is 9.59 Å². The van der Waals surface area contributed by atoms with E-state index in [2.05, 4.69) is 10.1 Å². The van der Waals surface area contributed by atoms with Crippen LogP contribution in [0.25, 0.3) is 11.4 Å². The van der Waals surface area contributed by atoms with E-state index in [-0.39, 0.29) is 24.4 Å². The fraction of sp³-hybridized carbons (Fsp3) is 0.333. The summed E-state index contributed by atoms with van der Waals surface area (Å²) in [6.45, 7) is 2.49. The Kier molecular flexibility index (Phi) is 6.85. The van der Waals surface area contributed by atoms with Gasteiger partial charge in [-0.25, -0.2) is 0 Å². The Morgan fingerprint density at radius 1 is 1.12 bits per heavy atom. The summed E-state index contributed by atoms with van der Waals surface area (Å²) in [4.78, 5) is 33.3. The molecule has 1 aliphatic heterocycles. The number of halogens is 1. The van der Waals surface area contributed by atoms with E-state index in [4.69, 9.17) is 16.1 Å². The molecule has 2 amide bonds. The van der Waals surface area contributed by atoms with Gasteiger partial charge in [0.15, 0.2) is 0 Å². The Balaban J connectivity index is 1.49. The van der Waals surface area contributed by atoms with Crippen LogP contribution in [0.4, 0.5) is 0 Å². The van der Waals surface area contributed by atoms with Gasteiger partial charge in [-0.1, -0.05) is 47.1 Å². The second kappa shape index (κ2) is 9.96. The number of carbonyl (C=O) groups is 2. The van der Waals surface area contributed by atoms with Gasteiger partial charge in [-0.15, -0.1) is 0 Å². The lowest BCUT2D eigenvalue weighted by Gasteiger charge is -2.35. The normalized spacial score (nSPS) is 16.1.